The van der Waals surface area contributed by atoms with Crippen molar-refractivity contribution in [3.05, 3.63) is 65.9 Å². The first-order chi connectivity index (χ1) is 8.81. The van der Waals surface area contributed by atoms with Crippen LogP contribution in [0.25, 0.3) is 23.1 Å². The van der Waals surface area contributed by atoms with Crippen LogP contribution in [-0.4, -0.2) is 9.97 Å². The summed E-state index contributed by atoms with van der Waals surface area (Å²) in [6.45, 7) is 0. The zero-order valence-corrected chi connectivity index (χ0v) is 9.60. The van der Waals surface area contributed by atoms with Crippen molar-refractivity contribution in [2.75, 3.05) is 0 Å². The number of pyridine rings is 1. The molecule has 0 spiro atoms. The highest BCUT2D eigenvalue weighted by atomic mass is 19.1. The summed E-state index contributed by atoms with van der Waals surface area (Å²) in [6, 6.07) is 10.6. The number of H-pyrrole nitrogens is 1. The van der Waals surface area contributed by atoms with Gasteiger partial charge in [0.05, 0.1) is 0 Å². The third kappa shape index (κ3) is 2.15. The second-order valence-corrected chi connectivity index (χ2v) is 4.07. The molecule has 88 valence electrons. The molecule has 0 atom stereocenters. The van der Waals surface area contributed by atoms with Crippen molar-refractivity contribution in [2.45, 2.75) is 0 Å². The summed E-state index contributed by atoms with van der Waals surface area (Å²) in [5, 5.41) is 1.01. The minimum Gasteiger partial charge on any atom is -0.355 e. The maximum atomic E-state index is 13.1. The molecule has 0 amide bonds. The molecule has 0 aliphatic heterocycles. The van der Waals surface area contributed by atoms with Gasteiger partial charge in [-0.15, -0.1) is 0 Å². The average Bonchev–Trinajstić information content (AvgIpc) is 2.79. The predicted molar refractivity (Wildman–Crippen MR) is 71.4 cm³/mol. The fourth-order valence-electron chi connectivity index (χ4n) is 1.87. The van der Waals surface area contributed by atoms with E-state index < -0.39 is 0 Å². The van der Waals surface area contributed by atoms with E-state index in [-0.39, 0.29) is 5.82 Å². The molecule has 2 aromatic heterocycles. The molecular formula is C15H11FN2. The summed E-state index contributed by atoms with van der Waals surface area (Å²) >= 11 is 0. The lowest BCUT2D eigenvalue weighted by molar-refractivity contribution is 0.629. The highest BCUT2D eigenvalue weighted by Gasteiger charge is 1.99. The molecule has 3 aromatic rings. The van der Waals surface area contributed by atoms with Crippen molar-refractivity contribution in [2.24, 2.45) is 0 Å². The number of aromatic nitrogens is 2. The number of benzene rings is 1. The first-order valence-electron chi connectivity index (χ1n) is 5.68. The summed E-state index contributed by atoms with van der Waals surface area (Å²) < 4.78 is 13.1. The SMILES string of the molecule is Fc1ccc2cc(C=Cc3ccncc3)[nH]c2c1. The number of halogens is 1. The van der Waals surface area contributed by atoms with Crippen molar-refractivity contribution in [3.63, 3.8) is 0 Å². The first kappa shape index (κ1) is 10.7. The number of hydrogen-bond acceptors (Lipinski definition) is 1. The van der Waals surface area contributed by atoms with Crippen molar-refractivity contribution >= 4 is 23.1 Å². The molecule has 3 heteroatoms. The van der Waals surface area contributed by atoms with E-state index >= 15 is 0 Å². The molecule has 0 bridgehead atoms. The van der Waals surface area contributed by atoms with Crippen LogP contribution in [0.15, 0.2) is 48.8 Å². The summed E-state index contributed by atoms with van der Waals surface area (Å²) in [6.07, 6.45) is 7.45. The van der Waals surface area contributed by atoms with Gasteiger partial charge in [-0.1, -0.05) is 6.08 Å². The standard InChI is InChI=1S/C15H11FN2/c16-13-3-2-12-9-14(18-15(12)10-13)4-1-11-5-7-17-8-6-11/h1-10,18H. The molecule has 0 radical (unpaired) electrons. The maximum Gasteiger partial charge on any atom is 0.125 e. The Morgan fingerprint density at radius 2 is 1.83 bits per heavy atom. The van der Waals surface area contributed by atoms with Crippen LogP contribution in [0, 0.1) is 5.82 Å². The molecule has 0 unspecified atom stereocenters. The minimum atomic E-state index is -0.228. The van der Waals surface area contributed by atoms with Crippen LogP contribution in [0.2, 0.25) is 0 Å². The van der Waals surface area contributed by atoms with E-state index in [2.05, 4.69) is 9.97 Å². The van der Waals surface area contributed by atoms with E-state index in [1.807, 2.05) is 30.4 Å². The highest BCUT2D eigenvalue weighted by molar-refractivity contribution is 5.84. The van der Waals surface area contributed by atoms with Gasteiger partial charge in [0.2, 0.25) is 0 Å². The van der Waals surface area contributed by atoms with Gasteiger partial charge in [-0.3, -0.25) is 4.98 Å². The number of nitrogens with one attached hydrogen (secondary N) is 1. The fourth-order valence-corrected chi connectivity index (χ4v) is 1.87. The van der Waals surface area contributed by atoms with Crippen LogP contribution in [0.4, 0.5) is 4.39 Å². The van der Waals surface area contributed by atoms with Crippen LogP contribution in [0.1, 0.15) is 11.3 Å². The van der Waals surface area contributed by atoms with E-state index in [4.69, 9.17) is 0 Å². The highest BCUT2D eigenvalue weighted by Crippen LogP contribution is 2.18. The average molecular weight is 238 g/mol. The number of fused-ring (bicyclic) bond motifs is 1. The van der Waals surface area contributed by atoms with Crippen LogP contribution in [0.5, 0.6) is 0 Å². The molecule has 1 aromatic carbocycles. The lowest BCUT2D eigenvalue weighted by atomic mass is 10.2. The Labute approximate surface area is 104 Å². The van der Waals surface area contributed by atoms with Crippen molar-refractivity contribution in [1.82, 2.24) is 9.97 Å². The normalized spacial score (nSPS) is 11.4. The number of rotatable bonds is 2. The van der Waals surface area contributed by atoms with Crippen LogP contribution < -0.4 is 0 Å². The molecule has 2 nitrogen and oxygen atoms in total. The Bertz CT molecular complexity index is 699. The summed E-state index contributed by atoms with van der Waals surface area (Å²) in [5.41, 5.74) is 2.84. The third-order valence-electron chi connectivity index (χ3n) is 2.77. The van der Waals surface area contributed by atoms with Gasteiger partial charge in [-0.2, -0.15) is 0 Å². The van der Waals surface area contributed by atoms with E-state index in [1.54, 1.807) is 18.5 Å². The molecule has 18 heavy (non-hydrogen) atoms. The van der Waals surface area contributed by atoms with Gasteiger partial charge in [-0.05, 0) is 48.0 Å². The van der Waals surface area contributed by atoms with Crippen molar-refractivity contribution in [3.8, 4) is 0 Å². The predicted octanol–water partition coefficient (Wildman–Crippen LogP) is 3.87. The largest absolute Gasteiger partial charge is 0.355 e. The lowest BCUT2D eigenvalue weighted by Crippen LogP contribution is -1.74. The smallest absolute Gasteiger partial charge is 0.125 e. The van der Waals surface area contributed by atoms with E-state index in [1.165, 1.54) is 12.1 Å². The quantitative estimate of drug-likeness (QED) is 0.721. The van der Waals surface area contributed by atoms with Gasteiger partial charge >= 0.3 is 0 Å². The Kier molecular flexibility index (Phi) is 2.65. The molecule has 0 aliphatic rings. The molecule has 3 rings (SSSR count). The first-order valence-corrected chi connectivity index (χ1v) is 5.68. The molecule has 0 fully saturated rings. The van der Waals surface area contributed by atoms with E-state index in [0.29, 0.717) is 0 Å². The maximum absolute atomic E-state index is 13.1. The van der Waals surface area contributed by atoms with Crippen LogP contribution >= 0.6 is 0 Å². The summed E-state index contributed by atoms with van der Waals surface area (Å²) in [7, 11) is 0. The van der Waals surface area contributed by atoms with E-state index in [0.717, 1.165) is 22.2 Å². The number of aromatic amines is 1. The molecular weight excluding hydrogens is 227 g/mol. The zero-order valence-electron chi connectivity index (χ0n) is 9.60. The third-order valence-corrected chi connectivity index (χ3v) is 2.77. The molecule has 0 aliphatic carbocycles. The van der Waals surface area contributed by atoms with Gasteiger partial charge in [-0.25, -0.2) is 4.39 Å². The van der Waals surface area contributed by atoms with Gasteiger partial charge in [0.15, 0.2) is 0 Å². The number of nitrogens with zero attached hydrogens (tertiary/aromatic N) is 1. The topological polar surface area (TPSA) is 28.7 Å². The van der Waals surface area contributed by atoms with Gasteiger partial charge in [0.1, 0.15) is 5.82 Å². The van der Waals surface area contributed by atoms with Gasteiger partial charge in [0, 0.05) is 29.0 Å². The minimum absolute atomic E-state index is 0.228. The fraction of sp³-hybridized carbons (Fsp3) is 0. The Morgan fingerprint density at radius 3 is 2.67 bits per heavy atom. The lowest BCUT2D eigenvalue weighted by Gasteiger charge is -1.90. The second-order valence-electron chi connectivity index (χ2n) is 4.07. The summed E-state index contributed by atoms with van der Waals surface area (Å²) in [5.74, 6) is -0.228. The summed E-state index contributed by atoms with van der Waals surface area (Å²) in [4.78, 5) is 7.13. The van der Waals surface area contributed by atoms with Gasteiger partial charge in [0.25, 0.3) is 0 Å². The monoisotopic (exact) mass is 238 g/mol. The van der Waals surface area contributed by atoms with E-state index in [9.17, 15) is 4.39 Å². The van der Waals surface area contributed by atoms with Crippen molar-refractivity contribution in [1.29, 1.82) is 0 Å². The molecule has 0 saturated carbocycles. The molecule has 2 heterocycles. The second kappa shape index (κ2) is 4.45. The molecule has 1 N–H and O–H groups in total. The Balaban J connectivity index is 1.93. The molecule has 0 saturated heterocycles. The number of hydrogen-bond donors (Lipinski definition) is 1. The zero-order chi connectivity index (χ0) is 12.4. The Morgan fingerprint density at radius 1 is 1.00 bits per heavy atom. The van der Waals surface area contributed by atoms with Gasteiger partial charge < -0.3 is 4.98 Å². The van der Waals surface area contributed by atoms with Crippen LogP contribution in [-0.2, 0) is 0 Å². The van der Waals surface area contributed by atoms with Crippen molar-refractivity contribution < 1.29 is 4.39 Å². The Hall–Kier alpha value is -2.42. The van der Waals surface area contributed by atoms with Crippen LogP contribution in [0.3, 0.4) is 0 Å².